The number of hydrogen-bond donors (Lipinski definition) is 1. The van der Waals surface area contributed by atoms with Crippen molar-refractivity contribution in [2.45, 2.75) is 19.4 Å². The van der Waals surface area contributed by atoms with Gasteiger partial charge in [0.1, 0.15) is 11.2 Å². The van der Waals surface area contributed by atoms with Gasteiger partial charge < -0.3 is 19.5 Å². The molecule has 1 saturated heterocycles. The van der Waals surface area contributed by atoms with Crippen LogP contribution in [-0.4, -0.2) is 54.8 Å². The Labute approximate surface area is 150 Å². The number of carbonyl (C=O) groups is 2. The summed E-state index contributed by atoms with van der Waals surface area (Å²) in [6.07, 6.45) is -0.441. The molecule has 132 valence electrons. The maximum atomic E-state index is 12.5. The lowest BCUT2D eigenvalue weighted by Crippen LogP contribution is -2.43. The second-order valence-corrected chi connectivity index (χ2v) is 6.77. The lowest BCUT2D eigenvalue weighted by molar-refractivity contribution is -0.152. The van der Waals surface area contributed by atoms with Crippen molar-refractivity contribution in [3.8, 4) is 5.75 Å². The fourth-order valence-electron chi connectivity index (χ4n) is 2.80. The van der Waals surface area contributed by atoms with Gasteiger partial charge in [-0.25, -0.2) is 0 Å². The lowest BCUT2D eigenvalue weighted by Gasteiger charge is -2.25. The molecule has 2 atom stereocenters. The van der Waals surface area contributed by atoms with Crippen LogP contribution in [-0.2, 0) is 14.3 Å². The summed E-state index contributed by atoms with van der Waals surface area (Å²) in [7, 11) is 1.45. The molecule has 6 nitrogen and oxygen atoms in total. The summed E-state index contributed by atoms with van der Waals surface area (Å²) in [5.74, 6) is -0.867. The third-order valence-corrected chi connectivity index (χ3v) is 4.47. The summed E-state index contributed by atoms with van der Waals surface area (Å²) in [6.45, 7) is 2.11. The predicted molar refractivity (Wildman–Crippen MR) is 89.7 cm³/mol. The van der Waals surface area contributed by atoms with Gasteiger partial charge in [-0.3, -0.25) is 9.59 Å². The topological polar surface area (TPSA) is 76.1 Å². The van der Waals surface area contributed by atoms with Crippen LogP contribution < -0.4 is 4.74 Å². The van der Waals surface area contributed by atoms with E-state index < -0.39 is 17.5 Å². The number of ether oxygens (including phenoxy) is 2. The molecule has 0 aromatic heterocycles. The van der Waals surface area contributed by atoms with Gasteiger partial charge in [-0.05, 0) is 31.5 Å². The number of aliphatic carboxylic acids is 1. The molecule has 8 heteroatoms. The van der Waals surface area contributed by atoms with Gasteiger partial charge in [0.05, 0.1) is 6.61 Å². The van der Waals surface area contributed by atoms with Crippen LogP contribution >= 0.6 is 23.2 Å². The molecule has 1 amide bonds. The van der Waals surface area contributed by atoms with Gasteiger partial charge in [-0.2, -0.15) is 0 Å². The molecule has 0 saturated carbocycles. The summed E-state index contributed by atoms with van der Waals surface area (Å²) < 4.78 is 10.6. The summed E-state index contributed by atoms with van der Waals surface area (Å²) in [6, 6.07) is 4.69. The lowest BCUT2D eigenvalue weighted by atomic mass is 9.88. The molecule has 0 aliphatic carbocycles. The van der Waals surface area contributed by atoms with E-state index >= 15 is 0 Å². The number of carbonyl (C=O) groups excluding carboxylic acids is 1. The van der Waals surface area contributed by atoms with Crippen LogP contribution in [0.25, 0.3) is 0 Å². The minimum absolute atomic E-state index is 0.0608. The highest BCUT2D eigenvalue weighted by Gasteiger charge is 2.47. The van der Waals surface area contributed by atoms with E-state index in [0.29, 0.717) is 28.8 Å². The van der Waals surface area contributed by atoms with Gasteiger partial charge in [-0.1, -0.05) is 23.2 Å². The smallest absolute Gasteiger partial charge is 0.313 e. The van der Waals surface area contributed by atoms with E-state index in [9.17, 15) is 14.7 Å². The Hall–Kier alpha value is -1.50. The normalized spacial score (nSPS) is 21.6. The second kappa shape index (κ2) is 7.59. The molecule has 2 rings (SSSR count). The van der Waals surface area contributed by atoms with E-state index in [1.807, 2.05) is 0 Å². The number of carboxylic acid groups (broad SMARTS) is 1. The van der Waals surface area contributed by atoms with Gasteiger partial charge in [-0.15, -0.1) is 0 Å². The Kier molecular flexibility index (Phi) is 5.96. The van der Waals surface area contributed by atoms with Crippen molar-refractivity contribution in [1.29, 1.82) is 0 Å². The van der Waals surface area contributed by atoms with E-state index in [4.69, 9.17) is 32.7 Å². The molecule has 1 heterocycles. The Balaban J connectivity index is 2.05. The highest BCUT2D eigenvalue weighted by atomic mass is 35.5. The maximum absolute atomic E-state index is 12.5. The highest BCUT2D eigenvalue weighted by Crippen LogP contribution is 2.32. The molecule has 24 heavy (non-hydrogen) atoms. The first-order valence-corrected chi connectivity index (χ1v) is 8.17. The first-order valence-electron chi connectivity index (χ1n) is 7.41. The SMILES string of the molecule is COCC1(C(=O)O)CCN(C(=O)C(C)Oc2cc(Cl)cc(Cl)c2)C1. The number of rotatable bonds is 6. The third-order valence-electron chi connectivity index (χ3n) is 4.04. The number of likely N-dealkylation sites (tertiary alicyclic amines) is 1. The highest BCUT2D eigenvalue weighted by molar-refractivity contribution is 6.34. The summed E-state index contributed by atoms with van der Waals surface area (Å²) in [4.78, 5) is 25.6. The number of halogens is 2. The van der Waals surface area contributed by atoms with Crippen molar-refractivity contribution in [2.75, 3.05) is 26.8 Å². The second-order valence-electron chi connectivity index (χ2n) is 5.89. The molecule has 2 unspecified atom stereocenters. The average Bonchev–Trinajstić information content (AvgIpc) is 2.91. The molecule has 1 aliphatic heterocycles. The maximum Gasteiger partial charge on any atom is 0.313 e. The zero-order chi connectivity index (χ0) is 17.9. The standard InChI is InChI=1S/C16H19Cl2NO5/c1-10(24-13-6-11(17)5-12(18)7-13)14(20)19-4-3-16(8-19,9-23-2)15(21)22/h5-7,10H,3-4,8-9H2,1-2H3,(H,21,22). The van der Waals surface area contributed by atoms with Crippen LogP contribution in [0.5, 0.6) is 5.75 Å². The molecule has 0 spiro atoms. The number of amides is 1. The Morgan fingerprint density at radius 3 is 2.50 bits per heavy atom. The minimum atomic E-state index is -1.07. The summed E-state index contributed by atoms with van der Waals surface area (Å²) in [5.41, 5.74) is -1.07. The number of hydrogen-bond acceptors (Lipinski definition) is 4. The molecule has 1 fully saturated rings. The van der Waals surface area contributed by atoms with Gasteiger partial charge in [0, 0.05) is 30.2 Å². The molecule has 1 aliphatic rings. The van der Waals surface area contributed by atoms with Gasteiger partial charge >= 0.3 is 5.97 Å². The third kappa shape index (κ3) is 4.12. The van der Waals surface area contributed by atoms with Gasteiger partial charge in [0.15, 0.2) is 6.10 Å². The zero-order valence-electron chi connectivity index (χ0n) is 13.4. The van der Waals surface area contributed by atoms with E-state index in [1.54, 1.807) is 25.1 Å². The number of nitrogens with zero attached hydrogens (tertiary/aromatic N) is 1. The van der Waals surface area contributed by atoms with Crippen molar-refractivity contribution < 1.29 is 24.2 Å². The van der Waals surface area contributed by atoms with E-state index in [1.165, 1.54) is 12.0 Å². The summed E-state index contributed by atoms with van der Waals surface area (Å²) in [5, 5.41) is 10.3. The van der Waals surface area contributed by atoms with Crippen LogP contribution in [0.4, 0.5) is 0 Å². The zero-order valence-corrected chi connectivity index (χ0v) is 14.9. The molecule has 1 aromatic rings. The first-order chi connectivity index (χ1) is 11.3. The van der Waals surface area contributed by atoms with Crippen molar-refractivity contribution in [2.24, 2.45) is 5.41 Å². The Bertz CT molecular complexity index is 619. The predicted octanol–water partition coefficient (Wildman–Crippen LogP) is 2.71. The van der Waals surface area contributed by atoms with Gasteiger partial charge in [0.2, 0.25) is 0 Å². The Morgan fingerprint density at radius 2 is 1.96 bits per heavy atom. The van der Waals surface area contributed by atoms with E-state index in [-0.39, 0.29) is 19.1 Å². The number of benzene rings is 1. The van der Waals surface area contributed by atoms with Crippen LogP contribution in [0.2, 0.25) is 10.0 Å². The minimum Gasteiger partial charge on any atom is -0.481 e. The van der Waals surface area contributed by atoms with E-state index in [0.717, 1.165) is 0 Å². The molecular weight excluding hydrogens is 357 g/mol. The van der Waals surface area contributed by atoms with Crippen LogP contribution in [0.1, 0.15) is 13.3 Å². The number of carboxylic acids is 1. The summed E-state index contributed by atoms with van der Waals surface area (Å²) >= 11 is 11.8. The van der Waals surface area contributed by atoms with Crippen LogP contribution in [0.3, 0.4) is 0 Å². The van der Waals surface area contributed by atoms with Crippen LogP contribution in [0.15, 0.2) is 18.2 Å². The molecule has 1 N–H and O–H groups in total. The van der Waals surface area contributed by atoms with Crippen molar-refractivity contribution in [1.82, 2.24) is 4.90 Å². The monoisotopic (exact) mass is 375 g/mol. The fourth-order valence-corrected chi connectivity index (χ4v) is 3.31. The quantitative estimate of drug-likeness (QED) is 0.826. The largest absolute Gasteiger partial charge is 0.481 e. The van der Waals surface area contributed by atoms with Crippen molar-refractivity contribution in [3.63, 3.8) is 0 Å². The average molecular weight is 376 g/mol. The molecule has 1 aromatic carbocycles. The van der Waals surface area contributed by atoms with Crippen molar-refractivity contribution >= 4 is 35.1 Å². The number of methoxy groups -OCH3 is 1. The molecule has 0 bridgehead atoms. The van der Waals surface area contributed by atoms with Crippen LogP contribution in [0, 0.1) is 5.41 Å². The van der Waals surface area contributed by atoms with E-state index in [2.05, 4.69) is 0 Å². The fraction of sp³-hybridized carbons (Fsp3) is 0.500. The first kappa shape index (κ1) is 18.8. The van der Waals surface area contributed by atoms with Gasteiger partial charge in [0.25, 0.3) is 5.91 Å². The molecular formula is C16H19Cl2NO5. The Morgan fingerprint density at radius 1 is 1.33 bits per heavy atom. The molecule has 0 radical (unpaired) electrons. The van der Waals surface area contributed by atoms with Crippen molar-refractivity contribution in [3.05, 3.63) is 28.2 Å².